The van der Waals surface area contributed by atoms with Crippen LogP contribution in [0.15, 0.2) is 11.6 Å². The van der Waals surface area contributed by atoms with E-state index in [9.17, 15) is 0 Å². The number of rotatable bonds is 0. The second kappa shape index (κ2) is 2.70. The van der Waals surface area contributed by atoms with Gasteiger partial charge in [0.2, 0.25) is 0 Å². The van der Waals surface area contributed by atoms with Crippen LogP contribution in [0.25, 0.3) is 0 Å². The molecule has 4 bridgehead atoms. The fourth-order valence-corrected chi connectivity index (χ4v) is 5.25. The molecule has 0 aromatic rings. The Morgan fingerprint density at radius 3 is 2.60 bits per heavy atom. The average Bonchev–Trinajstić information content (AvgIpc) is 2.30. The molecule has 0 heterocycles. The van der Waals surface area contributed by atoms with Crippen molar-refractivity contribution in [1.82, 2.24) is 0 Å². The monoisotopic (exact) mass is 204 g/mol. The van der Waals surface area contributed by atoms with Gasteiger partial charge in [-0.2, -0.15) is 0 Å². The second-order valence-electron chi connectivity index (χ2n) is 7.14. The normalized spacial score (nSPS) is 51.5. The van der Waals surface area contributed by atoms with Crippen molar-refractivity contribution < 1.29 is 0 Å². The SMILES string of the molecule is CC1=CC[C@H]2[C@H]3[C@@H]1C2(C)CCCC3(C)C. The van der Waals surface area contributed by atoms with E-state index in [1.54, 1.807) is 5.57 Å². The maximum absolute atomic E-state index is 2.57. The van der Waals surface area contributed by atoms with Gasteiger partial charge in [-0.15, -0.1) is 0 Å². The molecule has 0 aromatic heterocycles. The number of fused-ring (bicyclic) bond motifs is 1. The lowest BCUT2D eigenvalue weighted by Gasteiger charge is -2.66. The molecule has 2 saturated carbocycles. The van der Waals surface area contributed by atoms with E-state index in [0.29, 0.717) is 10.8 Å². The molecule has 0 amide bonds. The topological polar surface area (TPSA) is 0 Å². The molecule has 4 atom stereocenters. The summed E-state index contributed by atoms with van der Waals surface area (Å²) < 4.78 is 0. The van der Waals surface area contributed by atoms with Crippen molar-refractivity contribution in [3.63, 3.8) is 0 Å². The summed E-state index contributed by atoms with van der Waals surface area (Å²) >= 11 is 0. The fraction of sp³-hybridized carbons (Fsp3) is 0.867. The molecule has 0 radical (unpaired) electrons. The molecule has 0 N–H and O–H groups in total. The second-order valence-corrected chi connectivity index (χ2v) is 7.14. The van der Waals surface area contributed by atoms with Gasteiger partial charge in [0.1, 0.15) is 0 Å². The third-order valence-electron chi connectivity index (χ3n) is 5.97. The Morgan fingerprint density at radius 1 is 1.20 bits per heavy atom. The molecule has 4 aliphatic rings. The Labute approximate surface area is 94.1 Å². The van der Waals surface area contributed by atoms with Gasteiger partial charge in [0, 0.05) is 0 Å². The molecular formula is C15H24. The first-order valence-electron chi connectivity index (χ1n) is 6.63. The van der Waals surface area contributed by atoms with Gasteiger partial charge in [-0.3, -0.25) is 0 Å². The lowest BCUT2D eigenvalue weighted by molar-refractivity contribution is -0.138. The van der Waals surface area contributed by atoms with E-state index in [2.05, 4.69) is 33.8 Å². The van der Waals surface area contributed by atoms with Crippen molar-refractivity contribution in [1.29, 1.82) is 0 Å². The van der Waals surface area contributed by atoms with E-state index in [0.717, 1.165) is 17.8 Å². The molecule has 0 heteroatoms. The van der Waals surface area contributed by atoms with Crippen LogP contribution in [-0.2, 0) is 0 Å². The fourth-order valence-electron chi connectivity index (χ4n) is 5.25. The molecule has 2 fully saturated rings. The van der Waals surface area contributed by atoms with E-state index in [-0.39, 0.29) is 0 Å². The van der Waals surface area contributed by atoms with Crippen LogP contribution in [0, 0.1) is 28.6 Å². The minimum absolute atomic E-state index is 0.598. The highest BCUT2D eigenvalue weighted by Crippen LogP contribution is 2.72. The van der Waals surface area contributed by atoms with Gasteiger partial charge in [0.15, 0.2) is 0 Å². The lowest BCUT2D eigenvalue weighted by atomic mass is 9.38. The quantitative estimate of drug-likeness (QED) is 0.513. The summed E-state index contributed by atoms with van der Waals surface area (Å²) in [7, 11) is 0. The van der Waals surface area contributed by atoms with Crippen molar-refractivity contribution >= 4 is 0 Å². The predicted octanol–water partition coefficient (Wildman–Crippen LogP) is 4.42. The average molecular weight is 204 g/mol. The molecule has 1 unspecified atom stereocenters. The van der Waals surface area contributed by atoms with Crippen LogP contribution < -0.4 is 0 Å². The Balaban J connectivity index is 2.06. The molecule has 0 aromatic carbocycles. The standard InChI is InChI=1S/C15H24/c1-10-6-7-11-13-12(10)15(11,4)9-5-8-14(13,2)3/h6,11-13H,5,7-9H2,1-4H3/t11-,12+,13-,15?/m0/s1. The highest BCUT2D eigenvalue weighted by molar-refractivity contribution is 5.28. The summed E-state index contributed by atoms with van der Waals surface area (Å²) in [4.78, 5) is 0. The first-order chi connectivity index (χ1) is 6.97. The van der Waals surface area contributed by atoms with E-state index >= 15 is 0 Å². The number of hydrogen-bond acceptors (Lipinski definition) is 0. The van der Waals surface area contributed by atoms with Crippen LogP contribution >= 0.6 is 0 Å². The minimum atomic E-state index is 0.598. The zero-order chi connectivity index (χ0) is 10.8. The minimum Gasteiger partial charge on any atom is -0.0850 e. The van der Waals surface area contributed by atoms with Crippen LogP contribution in [0.3, 0.4) is 0 Å². The maximum Gasteiger partial charge on any atom is -0.0113 e. The van der Waals surface area contributed by atoms with Crippen molar-refractivity contribution in [2.75, 3.05) is 0 Å². The highest BCUT2D eigenvalue weighted by atomic mass is 14.7. The summed E-state index contributed by atoms with van der Waals surface area (Å²) in [6, 6.07) is 0. The number of hydrogen-bond donors (Lipinski definition) is 0. The Kier molecular flexibility index (Phi) is 1.79. The van der Waals surface area contributed by atoms with Crippen LogP contribution in [-0.4, -0.2) is 0 Å². The van der Waals surface area contributed by atoms with Gasteiger partial charge < -0.3 is 0 Å². The maximum atomic E-state index is 2.57. The first-order valence-corrected chi connectivity index (χ1v) is 6.63. The zero-order valence-electron chi connectivity index (χ0n) is 10.6. The largest absolute Gasteiger partial charge is 0.0850 e. The molecule has 4 rings (SSSR count). The molecule has 15 heavy (non-hydrogen) atoms. The number of allylic oxidation sites excluding steroid dienone is 2. The summed E-state index contributed by atoms with van der Waals surface area (Å²) in [6.45, 7) is 9.98. The Bertz CT molecular complexity index is 323. The van der Waals surface area contributed by atoms with Gasteiger partial charge in [0.25, 0.3) is 0 Å². The molecule has 0 aliphatic heterocycles. The van der Waals surface area contributed by atoms with Gasteiger partial charge >= 0.3 is 0 Å². The summed E-state index contributed by atoms with van der Waals surface area (Å²) in [5.74, 6) is 2.92. The van der Waals surface area contributed by atoms with Gasteiger partial charge in [-0.25, -0.2) is 0 Å². The van der Waals surface area contributed by atoms with Gasteiger partial charge in [-0.05, 0) is 54.8 Å². The molecule has 0 nitrogen and oxygen atoms in total. The molecular weight excluding hydrogens is 180 g/mol. The smallest absolute Gasteiger partial charge is 0.0113 e. The lowest BCUT2D eigenvalue weighted by Crippen LogP contribution is -2.60. The third kappa shape index (κ3) is 1.04. The molecule has 4 aliphatic carbocycles. The third-order valence-corrected chi connectivity index (χ3v) is 5.97. The van der Waals surface area contributed by atoms with Crippen LogP contribution in [0.5, 0.6) is 0 Å². The predicted molar refractivity (Wildman–Crippen MR) is 64.6 cm³/mol. The van der Waals surface area contributed by atoms with E-state index in [1.807, 2.05) is 0 Å². The Hall–Kier alpha value is -0.260. The van der Waals surface area contributed by atoms with Crippen LogP contribution in [0.2, 0.25) is 0 Å². The van der Waals surface area contributed by atoms with Crippen molar-refractivity contribution in [3.8, 4) is 0 Å². The van der Waals surface area contributed by atoms with Crippen molar-refractivity contribution in [3.05, 3.63) is 11.6 Å². The highest BCUT2D eigenvalue weighted by Gasteiger charge is 2.64. The van der Waals surface area contributed by atoms with Crippen molar-refractivity contribution in [2.24, 2.45) is 28.6 Å². The van der Waals surface area contributed by atoms with E-state index in [1.165, 1.54) is 25.7 Å². The summed E-state index contributed by atoms with van der Waals surface area (Å²) in [6.07, 6.45) is 8.28. The summed E-state index contributed by atoms with van der Waals surface area (Å²) in [5, 5.41) is 0. The molecule has 0 saturated heterocycles. The van der Waals surface area contributed by atoms with Gasteiger partial charge in [-0.1, -0.05) is 38.8 Å². The molecule has 0 spiro atoms. The zero-order valence-corrected chi connectivity index (χ0v) is 10.6. The van der Waals surface area contributed by atoms with Crippen LogP contribution in [0.1, 0.15) is 53.4 Å². The molecule has 84 valence electrons. The summed E-state index contributed by atoms with van der Waals surface area (Å²) in [5.41, 5.74) is 2.98. The van der Waals surface area contributed by atoms with Crippen LogP contribution in [0.4, 0.5) is 0 Å². The van der Waals surface area contributed by atoms with E-state index in [4.69, 9.17) is 0 Å². The van der Waals surface area contributed by atoms with Crippen molar-refractivity contribution in [2.45, 2.75) is 53.4 Å². The van der Waals surface area contributed by atoms with Gasteiger partial charge in [0.05, 0.1) is 0 Å². The Morgan fingerprint density at radius 2 is 1.93 bits per heavy atom. The first kappa shape index (κ1) is 9.93. The van der Waals surface area contributed by atoms with E-state index < -0.39 is 0 Å².